The molecule has 0 amide bonds. The number of nitrogens with one attached hydrogen (secondary N) is 1. The van der Waals surface area contributed by atoms with Crippen molar-refractivity contribution in [1.29, 1.82) is 0 Å². The monoisotopic (exact) mass is 278 g/mol. The van der Waals surface area contributed by atoms with Gasteiger partial charge in [-0.05, 0) is 31.2 Å². The molecule has 108 valence electrons. The van der Waals surface area contributed by atoms with Crippen molar-refractivity contribution in [3.8, 4) is 0 Å². The second-order valence-corrected chi connectivity index (χ2v) is 7.55. The predicted octanol–water partition coefficient (Wildman–Crippen LogP) is 0.265. The van der Waals surface area contributed by atoms with Gasteiger partial charge in [-0.15, -0.1) is 0 Å². The van der Waals surface area contributed by atoms with Crippen LogP contribution in [0.5, 0.6) is 0 Å². The van der Waals surface area contributed by atoms with Gasteiger partial charge in [0.1, 0.15) is 0 Å². The van der Waals surface area contributed by atoms with Crippen LogP contribution in [0.2, 0.25) is 0 Å². The first kappa shape index (κ1) is 15.9. The van der Waals surface area contributed by atoms with Gasteiger partial charge in [0.15, 0.2) is 0 Å². The second-order valence-electron chi connectivity index (χ2n) is 5.57. The van der Waals surface area contributed by atoms with E-state index in [1.807, 2.05) is 0 Å². The summed E-state index contributed by atoms with van der Waals surface area (Å²) in [4.78, 5) is 0. The molecule has 2 unspecified atom stereocenters. The van der Waals surface area contributed by atoms with Crippen LogP contribution in [-0.2, 0) is 10.0 Å². The minimum absolute atomic E-state index is 0.0959. The molecule has 0 radical (unpaired) electrons. The van der Waals surface area contributed by atoms with Gasteiger partial charge >= 0.3 is 0 Å². The van der Waals surface area contributed by atoms with Crippen molar-refractivity contribution in [2.75, 3.05) is 32.5 Å². The SMILES string of the molecule is CC(C)C(CO)NCC1CCCN(S(C)(=O)=O)C1. The fraction of sp³-hybridized carbons (Fsp3) is 1.00. The van der Waals surface area contributed by atoms with Crippen LogP contribution in [0.15, 0.2) is 0 Å². The smallest absolute Gasteiger partial charge is 0.211 e. The largest absolute Gasteiger partial charge is 0.395 e. The standard InChI is InChI=1S/C12H26N2O3S/c1-10(2)12(9-15)13-7-11-5-4-6-14(8-11)18(3,16)17/h10-13,15H,4-9H2,1-3H3. The van der Waals surface area contributed by atoms with Crippen LogP contribution in [0.4, 0.5) is 0 Å². The van der Waals surface area contributed by atoms with E-state index >= 15 is 0 Å². The molecule has 0 aliphatic carbocycles. The summed E-state index contributed by atoms with van der Waals surface area (Å²) in [6, 6.07) is 0.0959. The minimum atomic E-state index is -3.06. The van der Waals surface area contributed by atoms with Crippen molar-refractivity contribution in [3.63, 3.8) is 0 Å². The Labute approximate surface area is 111 Å². The first-order valence-electron chi connectivity index (χ1n) is 6.64. The summed E-state index contributed by atoms with van der Waals surface area (Å²) in [5, 5.41) is 12.6. The molecule has 1 saturated heterocycles. The van der Waals surface area contributed by atoms with E-state index in [1.165, 1.54) is 6.26 Å². The number of hydrogen-bond acceptors (Lipinski definition) is 4. The highest BCUT2D eigenvalue weighted by Gasteiger charge is 2.26. The molecule has 0 aromatic carbocycles. The molecule has 1 heterocycles. The van der Waals surface area contributed by atoms with E-state index in [4.69, 9.17) is 0 Å². The van der Waals surface area contributed by atoms with E-state index in [-0.39, 0.29) is 12.6 Å². The molecule has 0 saturated carbocycles. The summed E-state index contributed by atoms with van der Waals surface area (Å²) in [6.07, 6.45) is 3.24. The van der Waals surface area contributed by atoms with Crippen molar-refractivity contribution >= 4 is 10.0 Å². The maximum atomic E-state index is 11.5. The summed E-state index contributed by atoms with van der Waals surface area (Å²) in [5.41, 5.74) is 0. The van der Waals surface area contributed by atoms with Crippen molar-refractivity contribution in [2.45, 2.75) is 32.7 Å². The molecule has 1 fully saturated rings. The van der Waals surface area contributed by atoms with Crippen LogP contribution in [0.1, 0.15) is 26.7 Å². The molecule has 0 spiro atoms. The van der Waals surface area contributed by atoms with Crippen LogP contribution in [0.25, 0.3) is 0 Å². The quantitative estimate of drug-likeness (QED) is 0.731. The van der Waals surface area contributed by atoms with E-state index in [0.29, 0.717) is 24.9 Å². The third kappa shape index (κ3) is 4.84. The Bertz CT molecular complexity index is 343. The van der Waals surface area contributed by atoms with Crippen LogP contribution in [-0.4, -0.2) is 56.4 Å². The highest BCUT2D eigenvalue weighted by atomic mass is 32.2. The molecule has 18 heavy (non-hydrogen) atoms. The van der Waals surface area contributed by atoms with Gasteiger partial charge in [-0.2, -0.15) is 0 Å². The van der Waals surface area contributed by atoms with E-state index in [9.17, 15) is 13.5 Å². The van der Waals surface area contributed by atoms with Gasteiger partial charge in [0.05, 0.1) is 12.9 Å². The second kappa shape index (κ2) is 6.84. The van der Waals surface area contributed by atoms with Crippen molar-refractivity contribution in [1.82, 2.24) is 9.62 Å². The van der Waals surface area contributed by atoms with Gasteiger partial charge in [-0.25, -0.2) is 12.7 Å². The Morgan fingerprint density at radius 3 is 2.61 bits per heavy atom. The van der Waals surface area contributed by atoms with E-state index in [0.717, 1.165) is 19.4 Å². The molecule has 5 nitrogen and oxygen atoms in total. The molecule has 0 aromatic heterocycles. The zero-order chi connectivity index (χ0) is 13.8. The maximum Gasteiger partial charge on any atom is 0.211 e. The zero-order valence-corrected chi connectivity index (χ0v) is 12.4. The van der Waals surface area contributed by atoms with Gasteiger partial charge < -0.3 is 10.4 Å². The summed E-state index contributed by atoms with van der Waals surface area (Å²) >= 11 is 0. The zero-order valence-electron chi connectivity index (χ0n) is 11.6. The number of aliphatic hydroxyl groups is 1. The minimum Gasteiger partial charge on any atom is -0.395 e. The molecule has 2 atom stereocenters. The fourth-order valence-corrected chi connectivity index (χ4v) is 3.27. The molecular formula is C12H26N2O3S. The predicted molar refractivity (Wildman–Crippen MR) is 72.9 cm³/mol. The van der Waals surface area contributed by atoms with E-state index < -0.39 is 10.0 Å². The van der Waals surface area contributed by atoms with Crippen LogP contribution in [0, 0.1) is 11.8 Å². The lowest BCUT2D eigenvalue weighted by molar-refractivity contribution is 0.192. The van der Waals surface area contributed by atoms with Crippen LogP contribution < -0.4 is 5.32 Å². The first-order chi connectivity index (χ1) is 8.34. The van der Waals surface area contributed by atoms with Gasteiger partial charge in [0.25, 0.3) is 0 Å². The molecular weight excluding hydrogens is 252 g/mol. The van der Waals surface area contributed by atoms with Gasteiger partial charge in [-0.1, -0.05) is 13.8 Å². The Kier molecular flexibility index (Phi) is 6.04. The molecule has 6 heteroatoms. The Hall–Kier alpha value is -0.170. The lowest BCUT2D eigenvalue weighted by Crippen LogP contribution is -2.45. The molecule has 1 rings (SSSR count). The molecule has 0 bridgehead atoms. The molecule has 0 aromatic rings. The number of aliphatic hydroxyl groups excluding tert-OH is 1. The Morgan fingerprint density at radius 1 is 1.44 bits per heavy atom. The Balaban J connectivity index is 2.43. The number of sulfonamides is 1. The highest BCUT2D eigenvalue weighted by molar-refractivity contribution is 7.88. The average Bonchev–Trinajstić information content (AvgIpc) is 2.28. The van der Waals surface area contributed by atoms with Gasteiger partial charge in [0, 0.05) is 19.1 Å². The third-order valence-electron chi connectivity index (χ3n) is 3.62. The summed E-state index contributed by atoms with van der Waals surface area (Å²) in [5.74, 6) is 0.728. The third-order valence-corrected chi connectivity index (χ3v) is 4.89. The topological polar surface area (TPSA) is 69.6 Å². The maximum absolute atomic E-state index is 11.5. The van der Waals surface area contributed by atoms with Crippen LogP contribution >= 0.6 is 0 Å². The van der Waals surface area contributed by atoms with Gasteiger partial charge in [-0.3, -0.25) is 0 Å². The van der Waals surface area contributed by atoms with Crippen molar-refractivity contribution < 1.29 is 13.5 Å². The first-order valence-corrected chi connectivity index (χ1v) is 8.48. The van der Waals surface area contributed by atoms with Gasteiger partial charge in [0.2, 0.25) is 10.0 Å². The highest BCUT2D eigenvalue weighted by Crippen LogP contribution is 2.18. The van der Waals surface area contributed by atoms with Crippen LogP contribution in [0.3, 0.4) is 0 Å². The van der Waals surface area contributed by atoms with Crippen molar-refractivity contribution in [3.05, 3.63) is 0 Å². The number of hydrogen-bond donors (Lipinski definition) is 2. The van der Waals surface area contributed by atoms with E-state index in [1.54, 1.807) is 4.31 Å². The lowest BCUT2D eigenvalue weighted by atomic mass is 9.98. The number of piperidine rings is 1. The summed E-state index contributed by atoms with van der Waals surface area (Å²) in [7, 11) is -3.06. The number of rotatable bonds is 6. The Morgan fingerprint density at radius 2 is 2.11 bits per heavy atom. The lowest BCUT2D eigenvalue weighted by Gasteiger charge is -2.32. The normalized spacial score (nSPS) is 24.4. The molecule has 2 N–H and O–H groups in total. The summed E-state index contributed by atoms with van der Waals surface area (Å²) in [6.45, 7) is 6.27. The molecule has 1 aliphatic rings. The summed E-state index contributed by atoms with van der Waals surface area (Å²) < 4.78 is 24.6. The average molecular weight is 278 g/mol. The number of nitrogens with zero attached hydrogens (tertiary/aromatic N) is 1. The fourth-order valence-electron chi connectivity index (χ4n) is 2.32. The molecule has 1 aliphatic heterocycles. The van der Waals surface area contributed by atoms with Crippen molar-refractivity contribution in [2.24, 2.45) is 11.8 Å². The van der Waals surface area contributed by atoms with E-state index in [2.05, 4.69) is 19.2 Å².